The van der Waals surface area contributed by atoms with Crippen molar-refractivity contribution < 1.29 is 0 Å². The maximum absolute atomic E-state index is 5.46. The number of fused-ring (bicyclic) bond motifs is 4. The smallest absolute Gasteiger partial charge is 0.165 e. The maximum Gasteiger partial charge on any atom is 0.165 e. The molecule has 0 aliphatic rings. The molecule has 0 atom stereocenters. The van der Waals surface area contributed by atoms with E-state index in [1.807, 2.05) is 28.7 Å². The van der Waals surface area contributed by atoms with Gasteiger partial charge < -0.3 is 0 Å². The van der Waals surface area contributed by atoms with E-state index in [0.717, 1.165) is 39.1 Å². The molecule has 0 amide bonds. The van der Waals surface area contributed by atoms with Gasteiger partial charge in [-0.15, -0.1) is 22.7 Å². The number of hydrogen-bond donors (Lipinski definition) is 0. The standard InChI is InChI=1S/C40H21N3S2/c1-4-14-30-24(10-1)36-25(11-7-17-33(36)44-30)39-40(42-27-13-3-2-12-26(27)41-39)43-28-20-18-22-8-5-15-31-34(22)37(28)38-29(43)21-19-23-9-6-16-32(45-31)35(23)38/h1-21H. The third-order valence-corrected chi connectivity index (χ3v) is 11.6. The van der Waals surface area contributed by atoms with Crippen molar-refractivity contribution in [3.05, 3.63) is 127 Å². The van der Waals surface area contributed by atoms with Gasteiger partial charge in [0.25, 0.3) is 0 Å². The fraction of sp³-hybridized carbons (Fsp3) is 0. The van der Waals surface area contributed by atoms with Crippen LogP contribution in [0.25, 0.3) is 101 Å². The predicted molar refractivity (Wildman–Crippen MR) is 194 cm³/mol. The summed E-state index contributed by atoms with van der Waals surface area (Å²) in [5.74, 6) is 0.860. The van der Waals surface area contributed by atoms with Crippen LogP contribution in [0.4, 0.5) is 0 Å². The Labute approximate surface area is 264 Å². The first-order valence-electron chi connectivity index (χ1n) is 15.1. The van der Waals surface area contributed by atoms with Crippen molar-refractivity contribution in [2.75, 3.05) is 0 Å². The van der Waals surface area contributed by atoms with Gasteiger partial charge in [0.2, 0.25) is 0 Å². The first-order valence-corrected chi connectivity index (χ1v) is 16.7. The monoisotopic (exact) mass is 607 g/mol. The number of benzene rings is 7. The lowest BCUT2D eigenvalue weighted by Crippen LogP contribution is -2.04. The largest absolute Gasteiger partial charge is 0.292 e. The van der Waals surface area contributed by atoms with Gasteiger partial charge in [-0.25, -0.2) is 9.97 Å². The van der Waals surface area contributed by atoms with Gasteiger partial charge in [-0.1, -0.05) is 78.9 Å². The lowest BCUT2D eigenvalue weighted by molar-refractivity contribution is 1.08. The van der Waals surface area contributed by atoms with E-state index in [9.17, 15) is 0 Å². The van der Waals surface area contributed by atoms with Crippen LogP contribution in [0.3, 0.4) is 0 Å². The van der Waals surface area contributed by atoms with E-state index in [-0.39, 0.29) is 0 Å². The zero-order valence-corrected chi connectivity index (χ0v) is 25.4. The quantitative estimate of drug-likeness (QED) is 0.196. The molecule has 0 N–H and O–H groups in total. The molecular weight excluding hydrogens is 587 g/mol. The lowest BCUT2D eigenvalue weighted by Gasteiger charge is -2.15. The van der Waals surface area contributed by atoms with Gasteiger partial charge in [0, 0.05) is 56.7 Å². The Balaban J connectivity index is 1.38. The van der Waals surface area contributed by atoms with Crippen LogP contribution in [0, 0.1) is 0 Å². The number of hydrogen-bond acceptors (Lipinski definition) is 4. The van der Waals surface area contributed by atoms with Gasteiger partial charge in [-0.3, -0.25) is 4.57 Å². The fourth-order valence-corrected chi connectivity index (χ4v) is 9.80. The van der Waals surface area contributed by atoms with Crippen LogP contribution >= 0.6 is 22.7 Å². The summed E-state index contributed by atoms with van der Waals surface area (Å²) >= 11 is 3.72. The molecule has 0 saturated heterocycles. The Bertz CT molecular complexity index is 2890. The lowest BCUT2D eigenvalue weighted by atomic mass is 10.00. The Morgan fingerprint density at radius 3 is 1.69 bits per heavy atom. The first kappa shape index (κ1) is 24.0. The molecule has 0 aliphatic carbocycles. The summed E-state index contributed by atoms with van der Waals surface area (Å²) in [5, 5.41) is 10.2. The minimum absolute atomic E-state index is 0.860. The van der Waals surface area contributed by atoms with E-state index in [1.54, 1.807) is 0 Å². The highest BCUT2D eigenvalue weighted by atomic mass is 32.1. The van der Waals surface area contributed by atoms with Crippen LogP contribution < -0.4 is 0 Å². The van der Waals surface area contributed by atoms with Crippen LogP contribution in [0.5, 0.6) is 0 Å². The molecule has 0 bridgehead atoms. The van der Waals surface area contributed by atoms with Crippen molar-refractivity contribution in [1.82, 2.24) is 14.5 Å². The molecule has 4 heterocycles. The SMILES string of the molecule is c1ccc2nc(-n3c4ccc5cccc6sc7cccc8ccc3c(c87)c4c56)c(-c3cccc4sc5ccccc5c34)nc2c1. The first-order chi connectivity index (χ1) is 22.3. The summed E-state index contributed by atoms with van der Waals surface area (Å²) in [5.41, 5.74) is 6.10. The Morgan fingerprint density at radius 2 is 0.978 bits per heavy atom. The van der Waals surface area contributed by atoms with Gasteiger partial charge in [-0.2, -0.15) is 0 Å². The van der Waals surface area contributed by atoms with Crippen molar-refractivity contribution in [1.29, 1.82) is 0 Å². The Morgan fingerprint density at radius 1 is 0.422 bits per heavy atom. The Hall–Kier alpha value is -5.36. The highest BCUT2D eigenvalue weighted by Gasteiger charge is 2.25. The molecule has 11 rings (SSSR count). The molecule has 7 aromatic carbocycles. The third-order valence-electron chi connectivity index (χ3n) is 9.34. The van der Waals surface area contributed by atoms with Crippen molar-refractivity contribution in [2.24, 2.45) is 0 Å². The molecule has 0 unspecified atom stereocenters. The summed E-state index contributed by atoms with van der Waals surface area (Å²) in [6, 6.07) is 46.0. The molecule has 0 fully saturated rings. The van der Waals surface area contributed by atoms with E-state index in [1.165, 1.54) is 61.9 Å². The average Bonchev–Trinajstić information content (AvgIpc) is 3.59. The Kier molecular flexibility index (Phi) is 4.61. The van der Waals surface area contributed by atoms with E-state index < -0.39 is 0 Å². The van der Waals surface area contributed by atoms with Crippen molar-refractivity contribution in [2.45, 2.75) is 0 Å². The van der Waals surface area contributed by atoms with E-state index in [0.29, 0.717) is 0 Å². The third kappa shape index (κ3) is 3.13. The van der Waals surface area contributed by atoms with Crippen molar-refractivity contribution >= 4 is 107 Å². The zero-order valence-electron chi connectivity index (χ0n) is 23.8. The molecule has 5 heteroatoms. The highest BCUT2D eigenvalue weighted by Crippen LogP contribution is 2.47. The van der Waals surface area contributed by atoms with Crippen molar-refractivity contribution in [3.8, 4) is 17.1 Å². The van der Waals surface area contributed by atoms with Crippen LogP contribution in [0.1, 0.15) is 0 Å². The molecule has 45 heavy (non-hydrogen) atoms. The summed E-state index contributed by atoms with van der Waals surface area (Å²) < 4.78 is 7.51. The second kappa shape index (κ2) is 8.63. The van der Waals surface area contributed by atoms with E-state index >= 15 is 0 Å². The van der Waals surface area contributed by atoms with Gasteiger partial charge >= 0.3 is 0 Å². The molecular formula is C40H21N3S2. The minimum Gasteiger partial charge on any atom is -0.292 e. The number of aromatic nitrogens is 3. The summed E-state index contributed by atoms with van der Waals surface area (Å²) in [4.78, 5) is 10.9. The predicted octanol–water partition coefficient (Wildman–Crippen LogP) is 11.7. The van der Waals surface area contributed by atoms with Gasteiger partial charge in [-0.05, 0) is 59.3 Å². The van der Waals surface area contributed by atoms with Crippen LogP contribution in [-0.4, -0.2) is 14.5 Å². The summed E-state index contributed by atoms with van der Waals surface area (Å²) in [7, 11) is 0. The van der Waals surface area contributed by atoms with Crippen molar-refractivity contribution in [3.63, 3.8) is 0 Å². The molecule has 11 aromatic rings. The van der Waals surface area contributed by atoms with E-state index in [2.05, 4.69) is 126 Å². The van der Waals surface area contributed by atoms with Gasteiger partial charge in [0.05, 0.1) is 22.1 Å². The highest BCUT2D eigenvalue weighted by molar-refractivity contribution is 7.26. The number of nitrogens with zero attached hydrogens (tertiary/aromatic N) is 3. The second-order valence-corrected chi connectivity index (χ2v) is 13.9. The number of para-hydroxylation sites is 2. The average molecular weight is 608 g/mol. The molecule has 3 nitrogen and oxygen atoms in total. The zero-order chi connectivity index (χ0) is 29.2. The van der Waals surface area contributed by atoms with Gasteiger partial charge in [0.15, 0.2) is 5.82 Å². The van der Waals surface area contributed by atoms with E-state index in [4.69, 9.17) is 9.97 Å². The minimum atomic E-state index is 0.860. The number of thiophene rings is 1. The second-order valence-electron chi connectivity index (χ2n) is 11.7. The topological polar surface area (TPSA) is 30.7 Å². The fourth-order valence-electron chi connectivity index (χ4n) is 7.49. The molecule has 0 spiro atoms. The number of rotatable bonds is 2. The molecule has 208 valence electrons. The molecule has 0 aliphatic heterocycles. The van der Waals surface area contributed by atoms with Crippen LogP contribution in [0.2, 0.25) is 0 Å². The van der Waals surface area contributed by atoms with Crippen LogP contribution in [0.15, 0.2) is 127 Å². The normalized spacial score (nSPS) is 12.4. The summed E-state index contributed by atoms with van der Waals surface area (Å²) in [6.07, 6.45) is 0. The van der Waals surface area contributed by atoms with Crippen LogP contribution in [-0.2, 0) is 0 Å². The molecule has 4 aromatic heterocycles. The van der Waals surface area contributed by atoms with Gasteiger partial charge in [0.1, 0.15) is 5.69 Å². The summed E-state index contributed by atoms with van der Waals surface area (Å²) in [6.45, 7) is 0. The maximum atomic E-state index is 5.46. The molecule has 0 saturated carbocycles. The molecule has 0 radical (unpaired) electrons.